The summed E-state index contributed by atoms with van der Waals surface area (Å²) >= 11 is 0. The van der Waals surface area contributed by atoms with Crippen LogP contribution in [0, 0.1) is 0 Å². The Bertz CT molecular complexity index is 97.9. The molecule has 3 heteroatoms. The van der Waals surface area contributed by atoms with Gasteiger partial charge in [-0.2, -0.15) is 0 Å². The first-order chi connectivity index (χ1) is 3.18. The number of hydrogen-bond acceptors (Lipinski definition) is 3. The summed E-state index contributed by atoms with van der Waals surface area (Å²) in [7, 11) is 0. The molecule has 40 valence electrons. The van der Waals surface area contributed by atoms with Crippen LogP contribution in [0.1, 0.15) is 6.92 Å². The van der Waals surface area contributed by atoms with Crippen LogP contribution in [-0.2, 0) is 9.59 Å². The topological polar surface area (TPSA) is 60.2 Å². The smallest absolute Gasteiger partial charge is 0.211 e. The van der Waals surface area contributed by atoms with Crippen molar-refractivity contribution in [1.29, 1.82) is 0 Å². The van der Waals surface area contributed by atoms with Gasteiger partial charge in [-0.25, -0.2) is 0 Å². The van der Waals surface area contributed by atoms with Crippen LogP contribution in [-0.4, -0.2) is 18.1 Å². The highest BCUT2D eigenvalue weighted by atomic mass is 16.2. The van der Waals surface area contributed by atoms with Gasteiger partial charge in [-0.3, -0.25) is 9.59 Å². The molecule has 0 spiro atoms. The highest BCUT2D eigenvalue weighted by Crippen LogP contribution is 1.66. The second-order valence-electron chi connectivity index (χ2n) is 1.18. The predicted octanol–water partition coefficient (Wildman–Crippen LogP) is -0.897. The van der Waals surface area contributed by atoms with E-state index in [0.717, 1.165) is 0 Å². The molecule has 0 bridgehead atoms. The first kappa shape index (κ1) is 6.30. The Hall–Kier alpha value is -0.700. The first-order valence-corrected chi connectivity index (χ1v) is 1.92. The molecule has 0 atom stereocenters. The molecule has 0 aromatic rings. The fourth-order valence-corrected chi connectivity index (χ4v) is 0.144. The third-order valence-electron chi connectivity index (χ3n) is 0.578. The molecule has 2 N–H and O–H groups in total. The Labute approximate surface area is 41.5 Å². The van der Waals surface area contributed by atoms with Crippen LogP contribution in [0.25, 0.3) is 0 Å². The zero-order valence-corrected chi connectivity index (χ0v) is 4.10. The molecule has 0 amide bonds. The van der Waals surface area contributed by atoms with E-state index in [0.29, 0.717) is 0 Å². The SMILES string of the molecule is CC(=O)C(=O)CN. The number of carbonyl (C=O) groups excluding carboxylic acids is 2. The minimum atomic E-state index is -0.514. The summed E-state index contributed by atoms with van der Waals surface area (Å²) in [6, 6.07) is 0. The van der Waals surface area contributed by atoms with Gasteiger partial charge in [0.2, 0.25) is 5.78 Å². The van der Waals surface area contributed by atoms with Crippen LogP contribution in [0.3, 0.4) is 0 Å². The van der Waals surface area contributed by atoms with Crippen molar-refractivity contribution in [3.05, 3.63) is 0 Å². The van der Waals surface area contributed by atoms with Crippen molar-refractivity contribution in [2.45, 2.75) is 6.92 Å². The summed E-state index contributed by atoms with van der Waals surface area (Å²) in [6.07, 6.45) is 0. The fraction of sp³-hybridized carbons (Fsp3) is 0.500. The molecule has 0 aliphatic carbocycles. The molecule has 0 saturated heterocycles. The first-order valence-electron chi connectivity index (χ1n) is 1.92. The molecule has 0 rings (SSSR count). The number of nitrogens with two attached hydrogens (primary N) is 1. The van der Waals surface area contributed by atoms with Gasteiger partial charge in [0.25, 0.3) is 0 Å². The van der Waals surface area contributed by atoms with E-state index in [1.165, 1.54) is 6.92 Å². The Morgan fingerprint density at radius 2 is 2.00 bits per heavy atom. The Balaban J connectivity index is 3.58. The molecule has 0 heterocycles. The number of rotatable bonds is 2. The number of Topliss-reactive ketones (excluding diaryl/α,β-unsaturated/α-hetero) is 2. The summed E-state index contributed by atoms with van der Waals surface area (Å²) < 4.78 is 0. The lowest BCUT2D eigenvalue weighted by atomic mass is 10.3. The maximum absolute atomic E-state index is 10.0. The second kappa shape index (κ2) is 2.47. The van der Waals surface area contributed by atoms with Gasteiger partial charge in [0.15, 0.2) is 5.78 Å². The third-order valence-corrected chi connectivity index (χ3v) is 0.578. The maximum Gasteiger partial charge on any atom is 0.211 e. The van der Waals surface area contributed by atoms with Gasteiger partial charge >= 0.3 is 0 Å². The molecule has 0 aliphatic heterocycles. The van der Waals surface area contributed by atoms with E-state index < -0.39 is 11.6 Å². The van der Waals surface area contributed by atoms with Crippen molar-refractivity contribution in [2.24, 2.45) is 5.73 Å². The standard InChI is InChI=1S/C4H7NO2/c1-3(6)4(7)2-5/h2,5H2,1H3. The van der Waals surface area contributed by atoms with Gasteiger partial charge in [0.1, 0.15) is 0 Å². The average Bonchev–Trinajstić information content (AvgIpc) is 1.65. The van der Waals surface area contributed by atoms with Crippen LogP contribution >= 0.6 is 0 Å². The van der Waals surface area contributed by atoms with Gasteiger partial charge in [-0.05, 0) is 0 Å². The van der Waals surface area contributed by atoms with E-state index >= 15 is 0 Å². The van der Waals surface area contributed by atoms with Crippen LogP contribution in [0.5, 0.6) is 0 Å². The van der Waals surface area contributed by atoms with Crippen molar-refractivity contribution in [1.82, 2.24) is 0 Å². The molecule has 7 heavy (non-hydrogen) atoms. The normalized spacial score (nSPS) is 8.29. The second-order valence-corrected chi connectivity index (χ2v) is 1.18. The monoisotopic (exact) mass is 101 g/mol. The maximum atomic E-state index is 10.0. The highest BCUT2D eigenvalue weighted by Gasteiger charge is 2.01. The zero-order chi connectivity index (χ0) is 5.86. The zero-order valence-electron chi connectivity index (χ0n) is 4.10. The van der Waals surface area contributed by atoms with Crippen molar-refractivity contribution in [2.75, 3.05) is 6.54 Å². The number of hydrogen-bond donors (Lipinski definition) is 1. The van der Waals surface area contributed by atoms with Gasteiger partial charge in [-0.1, -0.05) is 0 Å². The van der Waals surface area contributed by atoms with Crippen molar-refractivity contribution in [3.8, 4) is 0 Å². The molecule has 0 aromatic carbocycles. The lowest BCUT2D eigenvalue weighted by Crippen LogP contribution is -2.20. The van der Waals surface area contributed by atoms with Crippen molar-refractivity contribution < 1.29 is 9.59 Å². The van der Waals surface area contributed by atoms with Crippen LogP contribution in [0.4, 0.5) is 0 Å². The van der Waals surface area contributed by atoms with Gasteiger partial charge in [0.05, 0.1) is 6.54 Å². The minimum Gasteiger partial charge on any atom is -0.324 e. The largest absolute Gasteiger partial charge is 0.324 e. The van der Waals surface area contributed by atoms with Gasteiger partial charge < -0.3 is 5.73 Å². The summed E-state index contributed by atoms with van der Waals surface area (Å²) in [5.41, 5.74) is 4.80. The van der Waals surface area contributed by atoms with E-state index in [4.69, 9.17) is 5.73 Å². The third kappa shape index (κ3) is 2.05. The molecule has 0 aliphatic rings. The van der Waals surface area contributed by atoms with E-state index in [1.54, 1.807) is 0 Å². The molecule has 0 aromatic heterocycles. The van der Waals surface area contributed by atoms with Crippen LogP contribution < -0.4 is 5.73 Å². The quantitative estimate of drug-likeness (QED) is 0.459. The summed E-state index contributed by atoms with van der Waals surface area (Å²) in [5.74, 6) is -0.984. The minimum absolute atomic E-state index is 0.171. The molecule has 3 nitrogen and oxygen atoms in total. The fourth-order valence-electron chi connectivity index (χ4n) is 0.144. The summed E-state index contributed by atoms with van der Waals surface area (Å²) in [5, 5.41) is 0. The van der Waals surface area contributed by atoms with Crippen molar-refractivity contribution >= 4 is 11.6 Å². The molecular weight excluding hydrogens is 94.0 g/mol. The molecule has 0 fully saturated rings. The molecule has 0 radical (unpaired) electrons. The Kier molecular flexibility index (Phi) is 2.22. The summed E-state index contributed by atoms with van der Waals surface area (Å²) in [6.45, 7) is 1.03. The Morgan fingerprint density at radius 1 is 1.57 bits per heavy atom. The molecule has 0 saturated carbocycles. The number of ketones is 2. The van der Waals surface area contributed by atoms with Crippen molar-refractivity contribution in [3.63, 3.8) is 0 Å². The van der Waals surface area contributed by atoms with E-state index in [-0.39, 0.29) is 6.54 Å². The van der Waals surface area contributed by atoms with E-state index in [1.807, 2.05) is 0 Å². The lowest BCUT2D eigenvalue weighted by Gasteiger charge is -1.82. The molecular formula is C4H7NO2. The van der Waals surface area contributed by atoms with Crippen LogP contribution in [0.15, 0.2) is 0 Å². The van der Waals surface area contributed by atoms with Gasteiger partial charge in [0, 0.05) is 6.92 Å². The summed E-state index contributed by atoms with van der Waals surface area (Å²) in [4.78, 5) is 20.0. The van der Waals surface area contributed by atoms with E-state index in [9.17, 15) is 9.59 Å². The van der Waals surface area contributed by atoms with Gasteiger partial charge in [-0.15, -0.1) is 0 Å². The Morgan fingerprint density at radius 3 is 2.00 bits per heavy atom. The highest BCUT2D eigenvalue weighted by molar-refractivity contribution is 6.36. The lowest BCUT2D eigenvalue weighted by molar-refractivity contribution is -0.134. The van der Waals surface area contributed by atoms with Crippen LogP contribution in [0.2, 0.25) is 0 Å². The predicted molar refractivity (Wildman–Crippen MR) is 24.7 cm³/mol. The molecule has 0 unspecified atom stereocenters. The number of carbonyl (C=O) groups is 2. The average molecular weight is 101 g/mol. The van der Waals surface area contributed by atoms with E-state index in [2.05, 4.69) is 0 Å².